The summed E-state index contributed by atoms with van der Waals surface area (Å²) in [5.74, 6) is 0.282. The van der Waals surface area contributed by atoms with Gasteiger partial charge in [0.25, 0.3) is 0 Å². The van der Waals surface area contributed by atoms with E-state index in [1.807, 2.05) is 37.3 Å². The third-order valence-corrected chi connectivity index (χ3v) is 7.97. The van der Waals surface area contributed by atoms with Crippen LogP contribution in [-0.4, -0.2) is 29.6 Å². The zero-order valence-corrected chi connectivity index (χ0v) is 19.0. The SMILES string of the molecule is C[C@@H](NC(=O)C1CCC(CNS(=O)(=O)c2cccc3nsnc23)CC1)c1ccccc1. The van der Waals surface area contributed by atoms with Crippen molar-refractivity contribution in [3.8, 4) is 0 Å². The fourth-order valence-electron chi connectivity index (χ4n) is 4.09. The molecule has 164 valence electrons. The minimum Gasteiger partial charge on any atom is -0.349 e. The first kappa shape index (κ1) is 21.9. The van der Waals surface area contributed by atoms with E-state index in [-0.39, 0.29) is 28.7 Å². The Morgan fingerprint density at radius 1 is 1.06 bits per heavy atom. The van der Waals surface area contributed by atoms with Crippen molar-refractivity contribution in [3.05, 3.63) is 54.1 Å². The largest absolute Gasteiger partial charge is 0.349 e. The van der Waals surface area contributed by atoms with Gasteiger partial charge in [-0.3, -0.25) is 4.79 Å². The van der Waals surface area contributed by atoms with Crippen LogP contribution in [0.15, 0.2) is 53.4 Å². The number of nitrogens with zero attached hydrogens (tertiary/aromatic N) is 2. The van der Waals surface area contributed by atoms with Crippen LogP contribution >= 0.6 is 11.7 Å². The quantitative estimate of drug-likeness (QED) is 0.563. The Labute approximate surface area is 186 Å². The van der Waals surface area contributed by atoms with Crippen molar-refractivity contribution < 1.29 is 13.2 Å². The number of amides is 1. The molecule has 9 heteroatoms. The van der Waals surface area contributed by atoms with E-state index >= 15 is 0 Å². The zero-order valence-electron chi connectivity index (χ0n) is 17.3. The smallest absolute Gasteiger partial charge is 0.242 e. The summed E-state index contributed by atoms with van der Waals surface area (Å²) in [6.07, 6.45) is 3.18. The van der Waals surface area contributed by atoms with Crippen molar-refractivity contribution in [3.63, 3.8) is 0 Å². The number of hydrogen-bond donors (Lipinski definition) is 2. The number of benzene rings is 2. The molecule has 0 aliphatic heterocycles. The van der Waals surface area contributed by atoms with Crippen LogP contribution in [0.1, 0.15) is 44.2 Å². The highest BCUT2D eigenvalue weighted by molar-refractivity contribution is 7.89. The topological polar surface area (TPSA) is 101 Å². The molecule has 4 rings (SSSR count). The van der Waals surface area contributed by atoms with Crippen molar-refractivity contribution in [2.75, 3.05) is 6.54 Å². The molecule has 1 atom stereocenters. The number of aromatic nitrogens is 2. The average Bonchev–Trinajstić information content (AvgIpc) is 3.27. The van der Waals surface area contributed by atoms with E-state index in [1.54, 1.807) is 18.2 Å². The van der Waals surface area contributed by atoms with Crippen molar-refractivity contribution >= 4 is 38.7 Å². The molecular formula is C22H26N4O3S2. The van der Waals surface area contributed by atoms with Gasteiger partial charge in [0.15, 0.2) is 0 Å². The van der Waals surface area contributed by atoms with E-state index in [2.05, 4.69) is 18.8 Å². The second-order valence-corrected chi connectivity index (χ2v) is 10.4. The lowest BCUT2D eigenvalue weighted by Crippen LogP contribution is -2.37. The fraction of sp³-hybridized carbons (Fsp3) is 0.409. The Hall–Kier alpha value is -2.36. The van der Waals surface area contributed by atoms with Gasteiger partial charge in [-0.15, -0.1) is 0 Å². The van der Waals surface area contributed by atoms with E-state index in [0.717, 1.165) is 43.0 Å². The lowest BCUT2D eigenvalue weighted by molar-refractivity contribution is -0.126. The Balaban J connectivity index is 1.28. The Bertz CT molecular complexity index is 1140. The summed E-state index contributed by atoms with van der Waals surface area (Å²) in [5, 5.41) is 3.11. The summed E-state index contributed by atoms with van der Waals surface area (Å²) in [4.78, 5) is 12.8. The zero-order chi connectivity index (χ0) is 21.8. The van der Waals surface area contributed by atoms with Gasteiger partial charge in [0.2, 0.25) is 15.9 Å². The minimum absolute atomic E-state index is 0.0196. The number of hydrogen-bond acceptors (Lipinski definition) is 6. The number of carbonyl (C=O) groups excluding carboxylic acids is 1. The van der Waals surface area contributed by atoms with Crippen LogP contribution in [-0.2, 0) is 14.8 Å². The molecule has 0 bridgehead atoms. The van der Waals surface area contributed by atoms with E-state index in [9.17, 15) is 13.2 Å². The van der Waals surface area contributed by atoms with Crippen molar-refractivity contribution in [2.45, 2.75) is 43.5 Å². The molecule has 2 aromatic carbocycles. The lowest BCUT2D eigenvalue weighted by atomic mass is 9.81. The van der Waals surface area contributed by atoms with Gasteiger partial charge < -0.3 is 5.32 Å². The molecule has 1 amide bonds. The summed E-state index contributed by atoms with van der Waals surface area (Å²) >= 11 is 1.00. The van der Waals surface area contributed by atoms with Crippen LogP contribution < -0.4 is 10.0 Å². The first-order chi connectivity index (χ1) is 14.9. The van der Waals surface area contributed by atoms with Gasteiger partial charge in [0.05, 0.1) is 17.8 Å². The second-order valence-electron chi connectivity index (χ2n) is 8.10. The molecule has 31 heavy (non-hydrogen) atoms. The molecule has 3 aromatic rings. The summed E-state index contributed by atoms with van der Waals surface area (Å²) in [6, 6.07) is 14.9. The van der Waals surface area contributed by atoms with Crippen LogP contribution in [0.2, 0.25) is 0 Å². The maximum absolute atomic E-state index is 12.8. The summed E-state index contributed by atoms with van der Waals surface area (Å²) in [6.45, 7) is 2.36. The molecule has 0 spiro atoms. The molecule has 1 aliphatic carbocycles. The average molecular weight is 459 g/mol. The fourth-order valence-corrected chi connectivity index (χ4v) is 5.97. The number of sulfonamides is 1. The molecule has 0 saturated heterocycles. The molecule has 1 saturated carbocycles. The molecule has 0 radical (unpaired) electrons. The molecule has 2 N–H and O–H groups in total. The summed E-state index contributed by atoms with van der Waals surface area (Å²) in [5.41, 5.74) is 2.08. The molecule has 1 aromatic heterocycles. The van der Waals surface area contributed by atoms with Gasteiger partial charge in [0, 0.05) is 12.5 Å². The van der Waals surface area contributed by atoms with E-state index in [1.165, 1.54) is 0 Å². The predicted molar refractivity (Wildman–Crippen MR) is 121 cm³/mol. The first-order valence-corrected chi connectivity index (χ1v) is 12.7. The highest BCUT2D eigenvalue weighted by atomic mass is 32.2. The van der Waals surface area contributed by atoms with Gasteiger partial charge in [-0.2, -0.15) is 8.75 Å². The Morgan fingerprint density at radius 3 is 2.55 bits per heavy atom. The van der Waals surface area contributed by atoms with Crippen LogP contribution in [0.25, 0.3) is 11.0 Å². The molecule has 1 heterocycles. The molecule has 0 unspecified atom stereocenters. The van der Waals surface area contributed by atoms with Crippen molar-refractivity contribution in [1.29, 1.82) is 0 Å². The standard InChI is InChI=1S/C22H26N4O3S2/c1-15(17-6-3-2-4-7-17)24-22(27)18-12-10-16(11-13-18)14-23-31(28,29)20-9-5-8-19-21(20)26-30-25-19/h2-9,15-16,18,23H,10-14H2,1H3,(H,24,27)/t15-,16?,18?/m1/s1. The van der Waals surface area contributed by atoms with Crippen molar-refractivity contribution in [2.24, 2.45) is 11.8 Å². The van der Waals surface area contributed by atoms with Gasteiger partial charge >= 0.3 is 0 Å². The predicted octanol–water partition coefficient (Wildman–Crippen LogP) is 3.65. The number of fused-ring (bicyclic) bond motifs is 1. The van der Waals surface area contributed by atoms with Crippen LogP contribution in [0.3, 0.4) is 0 Å². The Morgan fingerprint density at radius 2 is 1.81 bits per heavy atom. The highest BCUT2D eigenvalue weighted by Gasteiger charge is 2.28. The van der Waals surface area contributed by atoms with Crippen LogP contribution in [0, 0.1) is 11.8 Å². The summed E-state index contributed by atoms with van der Waals surface area (Å²) < 4.78 is 36.5. The molecular weight excluding hydrogens is 432 g/mol. The Kier molecular flexibility index (Phi) is 6.64. The van der Waals surface area contributed by atoms with E-state index < -0.39 is 10.0 Å². The normalized spacial score (nSPS) is 20.4. The lowest BCUT2D eigenvalue weighted by Gasteiger charge is -2.29. The van der Waals surface area contributed by atoms with Crippen LogP contribution in [0.5, 0.6) is 0 Å². The molecule has 7 nitrogen and oxygen atoms in total. The maximum atomic E-state index is 12.8. The number of rotatable bonds is 7. The number of carbonyl (C=O) groups is 1. The van der Waals surface area contributed by atoms with Gasteiger partial charge in [-0.05, 0) is 56.2 Å². The first-order valence-electron chi connectivity index (χ1n) is 10.5. The minimum atomic E-state index is -3.66. The van der Waals surface area contributed by atoms with Gasteiger partial charge in [-0.25, -0.2) is 13.1 Å². The van der Waals surface area contributed by atoms with Crippen LogP contribution in [0.4, 0.5) is 0 Å². The summed E-state index contributed by atoms with van der Waals surface area (Å²) in [7, 11) is -3.66. The van der Waals surface area contributed by atoms with Gasteiger partial charge in [-0.1, -0.05) is 36.4 Å². The highest BCUT2D eigenvalue weighted by Crippen LogP contribution is 2.30. The van der Waals surface area contributed by atoms with Gasteiger partial charge in [0.1, 0.15) is 15.9 Å². The maximum Gasteiger partial charge on any atom is 0.242 e. The third kappa shape index (κ3) is 5.11. The molecule has 1 aliphatic rings. The third-order valence-electron chi connectivity index (χ3n) is 5.98. The van der Waals surface area contributed by atoms with E-state index in [4.69, 9.17) is 0 Å². The monoisotopic (exact) mass is 458 g/mol. The second kappa shape index (κ2) is 9.42. The number of nitrogens with one attached hydrogen (secondary N) is 2. The van der Waals surface area contributed by atoms with Crippen molar-refractivity contribution in [1.82, 2.24) is 18.8 Å². The van der Waals surface area contributed by atoms with E-state index in [0.29, 0.717) is 17.6 Å². The molecule has 1 fully saturated rings.